The van der Waals surface area contributed by atoms with Crippen molar-refractivity contribution in [1.29, 1.82) is 0 Å². The van der Waals surface area contributed by atoms with Crippen molar-refractivity contribution in [2.45, 2.75) is 0 Å². The number of hydrogen-bond donors (Lipinski definition) is 1. The molecule has 0 aliphatic heterocycles. The van der Waals surface area contributed by atoms with Crippen LogP contribution in [-0.2, 0) is 0 Å². The minimum Gasteiger partial charge on any atom is -0.321 e. The molecule has 0 aliphatic carbocycles. The van der Waals surface area contributed by atoms with Gasteiger partial charge in [-0.25, -0.2) is 0 Å². The average Bonchev–Trinajstić information content (AvgIpc) is 3.48. The normalized spacial score (nSPS) is 11.0. The number of amides is 1. The fourth-order valence-corrected chi connectivity index (χ4v) is 4.17. The van der Waals surface area contributed by atoms with Crippen molar-refractivity contribution in [3.8, 4) is 22.0 Å². The van der Waals surface area contributed by atoms with Gasteiger partial charge in [-0.3, -0.25) is 4.79 Å². The first-order valence-corrected chi connectivity index (χ1v) is 10.3. The van der Waals surface area contributed by atoms with Crippen LogP contribution in [0.5, 0.6) is 0 Å². The monoisotopic (exact) mass is 403 g/mol. The first kappa shape index (κ1) is 16.8. The lowest BCUT2D eigenvalue weighted by Gasteiger charge is -2.07. The predicted octanol–water partition coefficient (Wildman–Crippen LogP) is 4.83. The van der Waals surface area contributed by atoms with Crippen LogP contribution in [0.15, 0.2) is 71.4 Å². The van der Waals surface area contributed by atoms with Gasteiger partial charge in [0, 0.05) is 11.3 Å². The fraction of sp³-hybridized carbons (Fsp3) is 0. The summed E-state index contributed by atoms with van der Waals surface area (Å²) < 4.78 is 1.75. The maximum absolute atomic E-state index is 12.3. The van der Waals surface area contributed by atoms with Gasteiger partial charge in [0.2, 0.25) is 0 Å². The summed E-state index contributed by atoms with van der Waals surface area (Å²) in [5.74, 6) is 0.600. The molecule has 6 nitrogen and oxygen atoms in total. The van der Waals surface area contributed by atoms with Crippen molar-refractivity contribution in [3.63, 3.8) is 0 Å². The number of rotatable bonds is 4. The van der Waals surface area contributed by atoms with E-state index < -0.39 is 0 Å². The van der Waals surface area contributed by atoms with E-state index in [1.54, 1.807) is 21.9 Å². The Morgan fingerprint density at radius 2 is 1.82 bits per heavy atom. The van der Waals surface area contributed by atoms with Gasteiger partial charge in [-0.2, -0.15) is 9.61 Å². The largest absolute Gasteiger partial charge is 0.321 e. The molecule has 1 aromatic carbocycles. The van der Waals surface area contributed by atoms with E-state index in [4.69, 9.17) is 5.10 Å². The van der Waals surface area contributed by atoms with Crippen LogP contribution < -0.4 is 5.32 Å². The number of nitrogens with zero attached hydrogens (tertiary/aromatic N) is 4. The number of thiophene rings is 2. The van der Waals surface area contributed by atoms with E-state index in [0.29, 0.717) is 16.3 Å². The average molecular weight is 403 g/mol. The van der Waals surface area contributed by atoms with Crippen LogP contribution in [0.25, 0.3) is 27.6 Å². The molecule has 4 heterocycles. The second kappa shape index (κ2) is 6.99. The molecule has 0 fully saturated rings. The van der Waals surface area contributed by atoms with Crippen LogP contribution in [0.4, 0.5) is 5.69 Å². The van der Waals surface area contributed by atoms with Gasteiger partial charge in [0.05, 0.1) is 15.4 Å². The van der Waals surface area contributed by atoms with Crippen molar-refractivity contribution in [2.24, 2.45) is 0 Å². The number of fused-ring (bicyclic) bond motifs is 1. The zero-order chi connectivity index (χ0) is 18.9. The van der Waals surface area contributed by atoms with Crippen molar-refractivity contribution in [1.82, 2.24) is 19.8 Å². The van der Waals surface area contributed by atoms with E-state index in [1.165, 1.54) is 11.3 Å². The van der Waals surface area contributed by atoms with E-state index in [2.05, 4.69) is 15.5 Å². The molecule has 0 radical (unpaired) electrons. The van der Waals surface area contributed by atoms with Gasteiger partial charge in [0.15, 0.2) is 11.5 Å². The summed E-state index contributed by atoms with van der Waals surface area (Å²) in [6.07, 6.45) is 0. The Balaban J connectivity index is 1.50. The Kier molecular flexibility index (Phi) is 4.19. The van der Waals surface area contributed by atoms with Gasteiger partial charge in [-0.15, -0.1) is 32.9 Å². The molecule has 8 heteroatoms. The molecular weight excluding hydrogens is 390 g/mol. The SMILES string of the molecule is O=C(Nc1cccc(-c2ccc3nnc(-c4cccs4)n3n2)c1)c1cccs1. The second-order valence-corrected chi connectivity index (χ2v) is 7.90. The van der Waals surface area contributed by atoms with Crippen molar-refractivity contribution >= 4 is 39.9 Å². The molecule has 0 unspecified atom stereocenters. The van der Waals surface area contributed by atoms with Gasteiger partial charge in [-0.05, 0) is 47.2 Å². The molecule has 136 valence electrons. The predicted molar refractivity (Wildman–Crippen MR) is 112 cm³/mol. The van der Waals surface area contributed by atoms with Gasteiger partial charge in [-0.1, -0.05) is 24.3 Å². The van der Waals surface area contributed by atoms with Crippen molar-refractivity contribution in [2.75, 3.05) is 5.32 Å². The second-order valence-electron chi connectivity index (χ2n) is 6.00. The highest BCUT2D eigenvalue weighted by molar-refractivity contribution is 7.13. The molecule has 0 aliphatic rings. The maximum atomic E-state index is 12.3. The van der Waals surface area contributed by atoms with Crippen LogP contribution in [0.2, 0.25) is 0 Å². The Hall–Kier alpha value is -3.36. The maximum Gasteiger partial charge on any atom is 0.265 e. The summed E-state index contributed by atoms with van der Waals surface area (Å²) in [5.41, 5.74) is 3.09. The van der Waals surface area contributed by atoms with Crippen molar-refractivity contribution < 1.29 is 4.79 Å². The Morgan fingerprint density at radius 3 is 2.64 bits per heavy atom. The number of benzene rings is 1. The van der Waals surface area contributed by atoms with Gasteiger partial charge in [0.1, 0.15) is 0 Å². The lowest BCUT2D eigenvalue weighted by Crippen LogP contribution is -2.10. The molecule has 28 heavy (non-hydrogen) atoms. The van der Waals surface area contributed by atoms with Crippen LogP contribution >= 0.6 is 22.7 Å². The number of hydrogen-bond acceptors (Lipinski definition) is 6. The topological polar surface area (TPSA) is 72.2 Å². The molecule has 5 rings (SSSR count). The van der Waals surface area contributed by atoms with E-state index >= 15 is 0 Å². The fourth-order valence-electron chi connectivity index (χ4n) is 2.86. The molecular formula is C20H13N5OS2. The summed E-state index contributed by atoms with van der Waals surface area (Å²) in [6, 6.07) is 19.1. The summed E-state index contributed by atoms with van der Waals surface area (Å²) in [5, 5.41) is 20.0. The van der Waals surface area contributed by atoms with Crippen LogP contribution in [-0.4, -0.2) is 25.7 Å². The highest BCUT2D eigenvalue weighted by Gasteiger charge is 2.12. The molecule has 0 saturated carbocycles. The van der Waals surface area contributed by atoms with Crippen LogP contribution in [0, 0.1) is 0 Å². The Bertz CT molecular complexity index is 1260. The third kappa shape index (κ3) is 3.08. The standard InChI is InChI=1S/C20H13N5OS2/c26-20(17-7-3-11-28-17)21-14-5-1-4-13(12-14)15-8-9-18-22-23-19(25(18)24-15)16-6-2-10-27-16/h1-12H,(H,21,26). The number of anilines is 1. The molecule has 0 spiro atoms. The summed E-state index contributed by atoms with van der Waals surface area (Å²) in [7, 11) is 0. The summed E-state index contributed by atoms with van der Waals surface area (Å²) in [4.78, 5) is 14.0. The van der Waals surface area contributed by atoms with Gasteiger partial charge in [0.25, 0.3) is 5.91 Å². The summed E-state index contributed by atoms with van der Waals surface area (Å²) in [6.45, 7) is 0. The minimum absolute atomic E-state index is 0.116. The first-order chi connectivity index (χ1) is 13.8. The number of aromatic nitrogens is 4. The van der Waals surface area contributed by atoms with Gasteiger partial charge < -0.3 is 5.32 Å². The van der Waals surface area contributed by atoms with Crippen LogP contribution in [0.1, 0.15) is 9.67 Å². The first-order valence-electron chi connectivity index (χ1n) is 8.49. The van der Waals surface area contributed by atoms with Crippen LogP contribution in [0.3, 0.4) is 0 Å². The summed E-state index contributed by atoms with van der Waals surface area (Å²) >= 11 is 3.01. The molecule has 0 atom stereocenters. The lowest BCUT2D eigenvalue weighted by molar-refractivity contribution is 0.103. The third-order valence-corrected chi connectivity index (χ3v) is 5.90. The van der Waals surface area contributed by atoms with E-state index in [0.717, 1.165) is 21.8 Å². The minimum atomic E-state index is -0.116. The lowest BCUT2D eigenvalue weighted by atomic mass is 10.1. The van der Waals surface area contributed by atoms with Gasteiger partial charge >= 0.3 is 0 Å². The highest BCUT2D eigenvalue weighted by atomic mass is 32.1. The molecule has 4 aromatic heterocycles. The molecule has 5 aromatic rings. The van der Waals surface area contributed by atoms with E-state index in [9.17, 15) is 4.79 Å². The molecule has 1 N–H and O–H groups in total. The quantitative estimate of drug-likeness (QED) is 0.466. The molecule has 0 saturated heterocycles. The zero-order valence-electron chi connectivity index (χ0n) is 14.4. The Morgan fingerprint density at radius 1 is 0.929 bits per heavy atom. The van der Waals surface area contributed by atoms with E-state index in [-0.39, 0.29) is 5.91 Å². The zero-order valence-corrected chi connectivity index (χ0v) is 16.1. The number of carbonyl (C=O) groups excluding carboxylic acids is 1. The number of nitrogens with one attached hydrogen (secondary N) is 1. The molecule has 0 bridgehead atoms. The Labute approximate surface area is 168 Å². The smallest absolute Gasteiger partial charge is 0.265 e. The number of carbonyl (C=O) groups is 1. The third-order valence-electron chi connectivity index (χ3n) is 4.17. The highest BCUT2D eigenvalue weighted by Crippen LogP contribution is 2.26. The molecule has 1 amide bonds. The van der Waals surface area contributed by atoms with E-state index in [1.807, 2.05) is 65.4 Å². The van der Waals surface area contributed by atoms with Crippen molar-refractivity contribution in [3.05, 3.63) is 76.3 Å².